The SMILES string of the molecule is O=C(C1CC(c2ccco2)NN1)N1CCCCC(c2ccc(F)cc2)C1. The van der Waals surface area contributed by atoms with Crippen LogP contribution in [0.15, 0.2) is 47.1 Å². The molecule has 2 aliphatic rings. The number of carbonyl (C=O) groups excluding carboxylic acids is 1. The summed E-state index contributed by atoms with van der Waals surface area (Å²) in [4.78, 5) is 15.0. The van der Waals surface area contributed by atoms with Gasteiger partial charge in [-0.15, -0.1) is 0 Å². The average molecular weight is 357 g/mol. The smallest absolute Gasteiger partial charge is 0.241 e. The lowest BCUT2D eigenvalue weighted by molar-refractivity contribution is -0.133. The molecule has 1 aromatic carbocycles. The molecule has 26 heavy (non-hydrogen) atoms. The minimum atomic E-state index is -0.253. The number of furan rings is 1. The van der Waals surface area contributed by atoms with Crippen molar-refractivity contribution in [2.75, 3.05) is 13.1 Å². The fourth-order valence-corrected chi connectivity index (χ4v) is 3.96. The second-order valence-corrected chi connectivity index (χ2v) is 7.17. The van der Waals surface area contributed by atoms with Crippen molar-refractivity contribution in [3.63, 3.8) is 0 Å². The molecule has 0 aliphatic carbocycles. The van der Waals surface area contributed by atoms with Crippen LogP contribution in [0.2, 0.25) is 0 Å². The lowest BCUT2D eigenvalue weighted by Gasteiger charge is -2.27. The highest BCUT2D eigenvalue weighted by Gasteiger charge is 2.35. The van der Waals surface area contributed by atoms with E-state index in [4.69, 9.17) is 4.42 Å². The van der Waals surface area contributed by atoms with Gasteiger partial charge in [-0.05, 0) is 49.1 Å². The van der Waals surface area contributed by atoms with Crippen LogP contribution >= 0.6 is 0 Å². The van der Waals surface area contributed by atoms with Gasteiger partial charge in [-0.1, -0.05) is 18.6 Å². The van der Waals surface area contributed by atoms with Gasteiger partial charge in [-0.3, -0.25) is 4.79 Å². The van der Waals surface area contributed by atoms with E-state index in [1.165, 1.54) is 12.1 Å². The quantitative estimate of drug-likeness (QED) is 0.886. The third kappa shape index (κ3) is 3.66. The van der Waals surface area contributed by atoms with Crippen molar-refractivity contribution in [1.29, 1.82) is 0 Å². The first-order chi connectivity index (χ1) is 12.7. The van der Waals surface area contributed by atoms with Crippen molar-refractivity contribution in [2.24, 2.45) is 0 Å². The predicted molar refractivity (Wildman–Crippen MR) is 95.7 cm³/mol. The van der Waals surface area contributed by atoms with E-state index in [1.54, 1.807) is 6.26 Å². The highest BCUT2D eigenvalue weighted by atomic mass is 19.1. The molecule has 3 heterocycles. The maximum Gasteiger partial charge on any atom is 0.241 e. The van der Waals surface area contributed by atoms with Crippen LogP contribution in [0.1, 0.15) is 49.0 Å². The summed E-state index contributed by atoms with van der Waals surface area (Å²) in [6.45, 7) is 1.47. The van der Waals surface area contributed by atoms with E-state index in [2.05, 4.69) is 10.9 Å². The van der Waals surface area contributed by atoms with Crippen molar-refractivity contribution in [3.8, 4) is 0 Å². The molecule has 0 radical (unpaired) electrons. The number of benzene rings is 1. The maximum atomic E-state index is 13.2. The summed E-state index contributed by atoms with van der Waals surface area (Å²) >= 11 is 0. The van der Waals surface area contributed by atoms with E-state index in [9.17, 15) is 9.18 Å². The second-order valence-electron chi connectivity index (χ2n) is 7.17. The van der Waals surface area contributed by atoms with Crippen molar-refractivity contribution < 1.29 is 13.6 Å². The molecule has 2 fully saturated rings. The molecule has 2 aromatic rings. The van der Waals surface area contributed by atoms with E-state index in [0.29, 0.717) is 13.0 Å². The average Bonchev–Trinajstić information content (AvgIpc) is 3.29. The minimum Gasteiger partial charge on any atom is -0.468 e. The zero-order valence-corrected chi connectivity index (χ0v) is 14.7. The van der Waals surface area contributed by atoms with Gasteiger partial charge in [0.1, 0.15) is 17.6 Å². The second kappa shape index (κ2) is 7.60. The summed E-state index contributed by atoms with van der Waals surface area (Å²) in [6.07, 6.45) is 5.43. The fourth-order valence-electron chi connectivity index (χ4n) is 3.96. The first-order valence-corrected chi connectivity index (χ1v) is 9.29. The molecule has 4 rings (SSSR count). The van der Waals surface area contributed by atoms with E-state index < -0.39 is 0 Å². The number of hydrazine groups is 1. The molecule has 0 spiro atoms. The number of hydrogen-bond acceptors (Lipinski definition) is 4. The topological polar surface area (TPSA) is 57.5 Å². The maximum absolute atomic E-state index is 13.2. The Labute approximate surface area is 152 Å². The Balaban J connectivity index is 1.42. The number of amides is 1. The Hall–Kier alpha value is -2.18. The van der Waals surface area contributed by atoms with E-state index in [-0.39, 0.29) is 29.7 Å². The predicted octanol–water partition coefficient (Wildman–Crippen LogP) is 3.12. The van der Waals surface area contributed by atoms with Crippen LogP contribution in [0.4, 0.5) is 4.39 Å². The lowest BCUT2D eigenvalue weighted by atomic mass is 9.94. The molecule has 1 aromatic heterocycles. The molecule has 1 amide bonds. The summed E-state index contributed by atoms with van der Waals surface area (Å²) in [5.74, 6) is 1.01. The summed E-state index contributed by atoms with van der Waals surface area (Å²) in [5.41, 5.74) is 7.39. The van der Waals surface area contributed by atoms with Gasteiger partial charge >= 0.3 is 0 Å². The van der Waals surface area contributed by atoms with Gasteiger partial charge in [-0.2, -0.15) is 0 Å². The Morgan fingerprint density at radius 3 is 2.77 bits per heavy atom. The molecule has 6 heteroatoms. The third-order valence-electron chi connectivity index (χ3n) is 5.41. The third-order valence-corrected chi connectivity index (χ3v) is 5.41. The van der Waals surface area contributed by atoms with Gasteiger partial charge in [0.25, 0.3) is 0 Å². The first kappa shape index (κ1) is 17.2. The van der Waals surface area contributed by atoms with Gasteiger partial charge in [0, 0.05) is 19.0 Å². The zero-order chi connectivity index (χ0) is 17.9. The molecular formula is C20H24FN3O2. The Bertz CT molecular complexity index is 732. The van der Waals surface area contributed by atoms with Crippen LogP contribution in [0, 0.1) is 5.82 Å². The van der Waals surface area contributed by atoms with Crippen molar-refractivity contribution in [2.45, 2.75) is 43.7 Å². The van der Waals surface area contributed by atoms with Crippen LogP contribution in [0.5, 0.6) is 0 Å². The molecule has 5 nitrogen and oxygen atoms in total. The Kier molecular flexibility index (Phi) is 5.04. The van der Waals surface area contributed by atoms with Crippen LogP contribution in [-0.2, 0) is 4.79 Å². The zero-order valence-electron chi connectivity index (χ0n) is 14.7. The summed E-state index contributed by atoms with van der Waals surface area (Å²) in [6, 6.07) is 10.2. The normalized spacial score (nSPS) is 26.7. The standard InChI is InChI=1S/C20H24FN3O2/c21-16-8-6-14(7-9-16)15-4-1-2-10-24(13-15)20(25)18-12-17(22-23-18)19-5-3-11-26-19/h3,5-9,11,15,17-18,22-23H,1-2,4,10,12-13H2. The van der Waals surface area contributed by atoms with Crippen LogP contribution in [0.3, 0.4) is 0 Å². The van der Waals surface area contributed by atoms with Gasteiger partial charge in [0.2, 0.25) is 5.91 Å². The van der Waals surface area contributed by atoms with Crippen molar-refractivity contribution in [3.05, 3.63) is 59.8 Å². The van der Waals surface area contributed by atoms with Gasteiger partial charge in [-0.25, -0.2) is 15.2 Å². The molecule has 0 bridgehead atoms. The highest BCUT2D eigenvalue weighted by molar-refractivity contribution is 5.82. The van der Waals surface area contributed by atoms with Crippen LogP contribution in [0.25, 0.3) is 0 Å². The fraction of sp³-hybridized carbons (Fsp3) is 0.450. The van der Waals surface area contributed by atoms with Gasteiger partial charge in [0.15, 0.2) is 0 Å². The molecule has 2 N–H and O–H groups in total. The molecule has 3 atom stereocenters. The van der Waals surface area contributed by atoms with Crippen molar-refractivity contribution >= 4 is 5.91 Å². The molecule has 2 aliphatic heterocycles. The van der Waals surface area contributed by atoms with E-state index >= 15 is 0 Å². The Morgan fingerprint density at radius 2 is 2.00 bits per heavy atom. The molecule has 2 saturated heterocycles. The molecular weight excluding hydrogens is 333 g/mol. The first-order valence-electron chi connectivity index (χ1n) is 9.29. The largest absolute Gasteiger partial charge is 0.468 e. The number of likely N-dealkylation sites (tertiary alicyclic amines) is 1. The van der Waals surface area contributed by atoms with E-state index in [1.807, 2.05) is 29.2 Å². The summed E-state index contributed by atoms with van der Waals surface area (Å²) in [5, 5.41) is 0. The number of carbonyl (C=O) groups is 1. The highest BCUT2D eigenvalue weighted by Crippen LogP contribution is 2.29. The van der Waals surface area contributed by atoms with E-state index in [0.717, 1.165) is 37.1 Å². The van der Waals surface area contributed by atoms with Crippen LogP contribution in [-0.4, -0.2) is 29.9 Å². The summed E-state index contributed by atoms with van der Waals surface area (Å²) < 4.78 is 18.6. The number of halogens is 1. The van der Waals surface area contributed by atoms with Crippen LogP contribution < -0.4 is 10.9 Å². The summed E-state index contributed by atoms with van der Waals surface area (Å²) in [7, 11) is 0. The molecule has 138 valence electrons. The number of rotatable bonds is 3. The van der Waals surface area contributed by atoms with Crippen molar-refractivity contribution in [1.82, 2.24) is 15.8 Å². The van der Waals surface area contributed by atoms with Gasteiger partial charge < -0.3 is 9.32 Å². The number of hydrogen-bond donors (Lipinski definition) is 2. The number of nitrogens with zero attached hydrogens (tertiary/aromatic N) is 1. The molecule has 3 unspecified atom stereocenters. The number of nitrogens with one attached hydrogen (secondary N) is 2. The minimum absolute atomic E-state index is 0.0128. The van der Waals surface area contributed by atoms with Gasteiger partial charge in [0.05, 0.1) is 12.3 Å². The Morgan fingerprint density at radius 1 is 1.15 bits per heavy atom. The lowest BCUT2D eigenvalue weighted by Crippen LogP contribution is -2.46. The monoisotopic (exact) mass is 357 g/mol. The molecule has 0 saturated carbocycles.